The Hall–Kier alpha value is -2.53. The van der Waals surface area contributed by atoms with E-state index in [1.807, 2.05) is 6.07 Å². The van der Waals surface area contributed by atoms with Gasteiger partial charge in [-0.3, -0.25) is 4.79 Å². The van der Waals surface area contributed by atoms with Gasteiger partial charge in [0, 0.05) is 17.1 Å². The zero-order chi connectivity index (χ0) is 18.0. The first kappa shape index (κ1) is 17.3. The number of anilines is 1. The molecule has 3 rings (SSSR count). The maximum absolute atomic E-state index is 12.1. The van der Waals surface area contributed by atoms with Crippen LogP contribution < -0.4 is 5.32 Å². The molecule has 0 aliphatic rings. The number of nitrogens with zero attached hydrogens (tertiary/aromatic N) is 1. The monoisotopic (exact) mass is 352 g/mol. The molecule has 5 heteroatoms. The molecule has 0 unspecified atom stereocenters. The lowest BCUT2D eigenvalue weighted by Crippen LogP contribution is -2.14. The highest BCUT2D eigenvalue weighted by atomic mass is 32.2. The Labute approximate surface area is 151 Å². The van der Waals surface area contributed by atoms with Crippen LogP contribution >= 0.6 is 11.8 Å². The minimum Gasteiger partial charge on any atom is -0.508 e. The molecule has 1 aromatic heterocycles. The van der Waals surface area contributed by atoms with Gasteiger partial charge in [-0.05, 0) is 56.2 Å². The van der Waals surface area contributed by atoms with Gasteiger partial charge in [0.25, 0.3) is 0 Å². The fourth-order valence-corrected chi connectivity index (χ4v) is 3.58. The first-order valence-corrected chi connectivity index (χ1v) is 9.01. The third-order valence-electron chi connectivity index (χ3n) is 3.91. The minimum atomic E-state index is -0.129. The SMILES string of the molecule is Cc1cc(C)c2nc(SCC(=O)Nc3cccc(O)c3)cc(C)c2c1. The second-order valence-electron chi connectivity index (χ2n) is 6.14. The number of benzene rings is 2. The summed E-state index contributed by atoms with van der Waals surface area (Å²) in [6.07, 6.45) is 0. The summed E-state index contributed by atoms with van der Waals surface area (Å²) in [6.45, 7) is 6.21. The summed E-state index contributed by atoms with van der Waals surface area (Å²) < 4.78 is 0. The van der Waals surface area contributed by atoms with Crippen molar-refractivity contribution >= 4 is 34.3 Å². The lowest BCUT2D eigenvalue weighted by atomic mass is 10.0. The summed E-state index contributed by atoms with van der Waals surface area (Å²) in [5, 5.41) is 14.2. The van der Waals surface area contributed by atoms with Gasteiger partial charge >= 0.3 is 0 Å². The highest BCUT2D eigenvalue weighted by molar-refractivity contribution is 7.99. The summed E-state index contributed by atoms with van der Waals surface area (Å²) in [6, 6.07) is 12.8. The predicted molar refractivity (Wildman–Crippen MR) is 103 cm³/mol. The van der Waals surface area contributed by atoms with Crippen LogP contribution in [0.3, 0.4) is 0 Å². The Morgan fingerprint density at radius 2 is 1.92 bits per heavy atom. The third-order valence-corrected chi connectivity index (χ3v) is 4.82. The summed E-state index contributed by atoms with van der Waals surface area (Å²) in [5.41, 5.74) is 5.10. The van der Waals surface area contributed by atoms with Crippen LogP contribution in [-0.2, 0) is 4.79 Å². The number of nitrogens with one attached hydrogen (secondary N) is 1. The second-order valence-corrected chi connectivity index (χ2v) is 7.14. The molecule has 0 radical (unpaired) electrons. The minimum absolute atomic E-state index is 0.128. The number of phenolic OH excluding ortho intramolecular Hbond substituents is 1. The maximum atomic E-state index is 12.1. The smallest absolute Gasteiger partial charge is 0.234 e. The van der Waals surface area contributed by atoms with Gasteiger partial charge in [-0.2, -0.15) is 0 Å². The van der Waals surface area contributed by atoms with E-state index in [0.717, 1.165) is 27.1 Å². The van der Waals surface area contributed by atoms with Crippen molar-refractivity contribution in [3.05, 3.63) is 59.2 Å². The zero-order valence-corrected chi connectivity index (χ0v) is 15.3. The molecule has 3 aromatic rings. The number of aromatic hydroxyl groups is 1. The standard InChI is InChI=1S/C20H20N2O2S/c1-12-7-14(3)20-17(8-12)13(2)9-19(22-20)25-11-18(24)21-15-5-4-6-16(23)10-15/h4-10,23H,11H2,1-3H3,(H,21,24). The van der Waals surface area contributed by atoms with Gasteiger partial charge in [0.1, 0.15) is 5.75 Å². The quantitative estimate of drug-likeness (QED) is 0.674. The van der Waals surface area contributed by atoms with Crippen LogP contribution in [0, 0.1) is 20.8 Å². The molecule has 1 heterocycles. The molecule has 0 saturated carbocycles. The largest absolute Gasteiger partial charge is 0.508 e. The molecular formula is C20H20N2O2S. The molecule has 0 saturated heterocycles. The molecule has 0 atom stereocenters. The van der Waals surface area contributed by atoms with E-state index >= 15 is 0 Å². The fraction of sp³-hybridized carbons (Fsp3) is 0.200. The van der Waals surface area contributed by atoms with Gasteiger partial charge < -0.3 is 10.4 Å². The Morgan fingerprint density at radius 3 is 2.68 bits per heavy atom. The molecule has 25 heavy (non-hydrogen) atoms. The lowest BCUT2D eigenvalue weighted by molar-refractivity contribution is -0.113. The van der Waals surface area contributed by atoms with Crippen LogP contribution in [0.4, 0.5) is 5.69 Å². The summed E-state index contributed by atoms with van der Waals surface area (Å²) in [4.78, 5) is 16.8. The Bertz CT molecular complexity index is 954. The Balaban J connectivity index is 1.74. The van der Waals surface area contributed by atoms with E-state index in [4.69, 9.17) is 4.98 Å². The molecule has 0 aliphatic carbocycles. The topological polar surface area (TPSA) is 62.2 Å². The van der Waals surface area contributed by atoms with Crippen LogP contribution in [0.2, 0.25) is 0 Å². The first-order valence-electron chi connectivity index (χ1n) is 8.02. The van der Waals surface area contributed by atoms with E-state index in [9.17, 15) is 9.90 Å². The number of aromatic nitrogens is 1. The van der Waals surface area contributed by atoms with Crippen molar-refractivity contribution < 1.29 is 9.90 Å². The second kappa shape index (κ2) is 7.15. The molecule has 0 fully saturated rings. The van der Waals surface area contributed by atoms with Crippen molar-refractivity contribution in [2.24, 2.45) is 0 Å². The van der Waals surface area contributed by atoms with E-state index in [2.05, 4.69) is 38.2 Å². The van der Waals surface area contributed by atoms with Gasteiger partial charge in [0.15, 0.2) is 0 Å². The summed E-state index contributed by atoms with van der Waals surface area (Å²) >= 11 is 1.41. The van der Waals surface area contributed by atoms with Crippen LogP contribution in [0.25, 0.3) is 10.9 Å². The Morgan fingerprint density at radius 1 is 1.12 bits per heavy atom. The molecule has 2 aromatic carbocycles. The number of carbonyl (C=O) groups excluding carboxylic acids is 1. The highest BCUT2D eigenvalue weighted by Gasteiger charge is 2.09. The predicted octanol–water partition coefficient (Wildman–Crippen LogP) is 4.60. The number of thioether (sulfide) groups is 1. The van der Waals surface area contributed by atoms with Gasteiger partial charge in [-0.25, -0.2) is 4.98 Å². The van der Waals surface area contributed by atoms with Crippen molar-refractivity contribution in [1.82, 2.24) is 4.98 Å². The number of amides is 1. The van der Waals surface area contributed by atoms with Crippen LogP contribution in [-0.4, -0.2) is 21.8 Å². The molecule has 2 N–H and O–H groups in total. The van der Waals surface area contributed by atoms with E-state index in [-0.39, 0.29) is 17.4 Å². The number of aryl methyl sites for hydroxylation is 3. The van der Waals surface area contributed by atoms with Crippen molar-refractivity contribution in [3.8, 4) is 5.75 Å². The number of carbonyl (C=O) groups is 1. The van der Waals surface area contributed by atoms with E-state index < -0.39 is 0 Å². The normalized spacial score (nSPS) is 10.8. The number of rotatable bonds is 4. The number of fused-ring (bicyclic) bond motifs is 1. The van der Waals surface area contributed by atoms with Crippen LogP contribution in [0.1, 0.15) is 16.7 Å². The molecule has 0 spiro atoms. The van der Waals surface area contributed by atoms with E-state index in [0.29, 0.717) is 5.69 Å². The third kappa shape index (κ3) is 4.12. The first-order chi connectivity index (χ1) is 11.9. The number of hydrogen-bond donors (Lipinski definition) is 2. The van der Waals surface area contributed by atoms with Crippen molar-refractivity contribution in [2.75, 3.05) is 11.1 Å². The molecule has 4 nitrogen and oxygen atoms in total. The number of hydrogen-bond acceptors (Lipinski definition) is 4. The van der Waals surface area contributed by atoms with Gasteiger partial charge in [0.2, 0.25) is 5.91 Å². The average Bonchev–Trinajstić information content (AvgIpc) is 2.54. The summed E-state index contributed by atoms with van der Waals surface area (Å²) in [7, 11) is 0. The molecular weight excluding hydrogens is 332 g/mol. The lowest BCUT2D eigenvalue weighted by Gasteiger charge is -2.10. The number of phenols is 1. The maximum Gasteiger partial charge on any atom is 0.234 e. The van der Waals surface area contributed by atoms with Crippen molar-refractivity contribution in [1.29, 1.82) is 0 Å². The summed E-state index contributed by atoms with van der Waals surface area (Å²) in [5.74, 6) is 0.261. The Kier molecular flexibility index (Phi) is 4.95. The fourth-order valence-electron chi connectivity index (χ4n) is 2.81. The molecule has 0 aliphatic heterocycles. The van der Waals surface area contributed by atoms with Gasteiger partial charge in [-0.15, -0.1) is 0 Å². The van der Waals surface area contributed by atoms with E-state index in [1.165, 1.54) is 23.4 Å². The van der Waals surface area contributed by atoms with Gasteiger partial charge in [0.05, 0.1) is 16.3 Å². The highest BCUT2D eigenvalue weighted by Crippen LogP contribution is 2.27. The van der Waals surface area contributed by atoms with Gasteiger partial charge in [-0.1, -0.05) is 29.5 Å². The molecule has 128 valence electrons. The molecule has 0 bridgehead atoms. The zero-order valence-electron chi connectivity index (χ0n) is 14.5. The van der Waals surface area contributed by atoms with Crippen molar-refractivity contribution in [3.63, 3.8) is 0 Å². The number of pyridine rings is 1. The van der Waals surface area contributed by atoms with E-state index in [1.54, 1.807) is 18.2 Å². The van der Waals surface area contributed by atoms with Crippen molar-refractivity contribution in [2.45, 2.75) is 25.8 Å². The van der Waals surface area contributed by atoms with Crippen LogP contribution in [0.15, 0.2) is 47.5 Å². The molecule has 1 amide bonds. The average molecular weight is 352 g/mol. The van der Waals surface area contributed by atoms with Crippen LogP contribution in [0.5, 0.6) is 5.75 Å².